The molecule has 0 aliphatic carbocycles. The molecule has 3 rings (SSSR count). The molecule has 7 heteroatoms. The number of urea groups is 1. The molecule has 27 heavy (non-hydrogen) atoms. The van der Waals surface area contributed by atoms with Crippen molar-refractivity contribution in [3.63, 3.8) is 0 Å². The topological polar surface area (TPSA) is 50.8 Å². The first-order chi connectivity index (χ1) is 12.9. The molecule has 0 saturated carbocycles. The molecule has 1 atom stereocenters. The van der Waals surface area contributed by atoms with Gasteiger partial charge in [0.2, 0.25) is 0 Å². The summed E-state index contributed by atoms with van der Waals surface area (Å²) in [6.07, 6.45) is 0.697. The first-order valence-corrected chi connectivity index (χ1v) is 8.67. The third kappa shape index (κ3) is 3.97. The Balaban J connectivity index is 1.70. The van der Waals surface area contributed by atoms with Gasteiger partial charge in [0.05, 0.1) is 20.3 Å². The molecular weight excluding hydrogens is 354 g/mol. The maximum Gasteiger partial charge on any atom is 0.318 e. The van der Waals surface area contributed by atoms with Crippen LogP contribution in [0.4, 0.5) is 13.6 Å². The molecule has 0 saturated heterocycles. The fourth-order valence-electron chi connectivity index (χ4n) is 3.20. The highest BCUT2D eigenvalue weighted by Crippen LogP contribution is 2.33. The van der Waals surface area contributed by atoms with Crippen LogP contribution in [0.25, 0.3) is 0 Å². The third-order valence-electron chi connectivity index (χ3n) is 4.79. The van der Waals surface area contributed by atoms with Gasteiger partial charge in [-0.3, -0.25) is 0 Å². The Morgan fingerprint density at radius 3 is 2.37 bits per heavy atom. The summed E-state index contributed by atoms with van der Waals surface area (Å²) in [6.45, 7) is 2.72. The van der Waals surface area contributed by atoms with E-state index >= 15 is 0 Å². The quantitative estimate of drug-likeness (QED) is 0.883. The smallest absolute Gasteiger partial charge is 0.318 e. The number of nitrogens with one attached hydrogen (secondary N) is 1. The van der Waals surface area contributed by atoms with Crippen LogP contribution >= 0.6 is 0 Å². The summed E-state index contributed by atoms with van der Waals surface area (Å²) >= 11 is 0. The van der Waals surface area contributed by atoms with E-state index in [1.807, 2.05) is 12.1 Å². The molecule has 0 aromatic heterocycles. The minimum absolute atomic E-state index is 0.257. The van der Waals surface area contributed by atoms with Crippen molar-refractivity contribution in [1.29, 1.82) is 0 Å². The minimum Gasteiger partial charge on any atom is -0.493 e. The first kappa shape index (κ1) is 18.9. The van der Waals surface area contributed by atoms with Gasteiger partial charge in [0.1, 0.15) is 0 Å². The maximum atomic E-state index is 13.4. The zero-order valence-electron chi connectivity index (χ0n) is 15.5. The number of carbonyl (C=O) groups excluding carboxylic acids is 1. The van der Waals surface area contributed by atoms with E-state index in [2.05, 4.69) is 5.32 Å². The van der Waals surface area contributed by atoms with E-state index in [9.17, 15) is 13.6 Å². The Morgan fingerprint density at radius 1 is 1.07 bits per heavy atom. The summed E-state index contributed by atoms with van der Waals surface area (Å²) < 4.78 is 37.1. The average molecular weight is 376 g/mol. The Bertz CT molecular complexity index is 857. The van der Waals surface area contributed by atoms with Crippen LogP contribution in [0.15, 0.2) is 30.3 Å². The van der Waals surface area contributed by atoms with Gasteiger partial charge in [0.15, 0.2) is 23.1 Å². The predicted molar refractivity (Wildman–Crippen MR) is 97.0 cm³/mol. The normalized spacial score (nSPS) is 14.3. The largest absolute Gasteiger partial charge is 0.493 e. The van der Waals surface area contributed by atoms with Crippen LogP contribution in [0.2, 0.25) is 0 Å². The Hall–Kier alpha value is -2.83. The number of methoxy groups -OCH3 is 2. The van der Waals surface area contributed by atoms with Crippen molar-refractivity contribution >= 4 is 6.03 Å². The van der Waals surface area contributed by atoms with Crippen molar-refractivity contribution < 1.29 is 23.0 Å². The highest BCUT2D eigenvalue weighted by molar-refractivity contribution is 5.75. The lowest BCUT2D eigenvalue weighted by Crippen LogP contribution is -2.43. The average Bonchev–Trinajstić information content (AvgIpc) is 2.68. The van der Waals surface area contributed by atoms with Gasteiger partial charge in [-0.25, -0.2) is 13.6 Å². The summed E-state index contributed by atoms with van der Waals surface area (Å²) in [5.41, 5.74) is 2.62. The summed E-state index contributed by atoms with van der Waals surface area (Å²) in [5.74, 6) is -0.550. The van der Waals surface area contributed by atoms with Gasteiger partial charge in [0, 0.05) is 13.1 Å². The number of halogens is 2. The summed E-state index contributed by atoms with van der Waals surface area (Å²) in [7, 11) is 3.16. The lowest BCUT2D eigenvalue weighted by molar-refractivity contribution is 0.189. The summed E-state index contributed by atoms with van der Waals surface area (Å²) in [6, 6.07) is 6.74. The van der Waals surface area contributed by atoms with E-state index in [0.717, 1.165) is 23.3 Å². The van der Waals surface area contributed by atoms with Crippen LogP contribution in [0.3, 0.4) is 0 Å². The first-order valence-electron chi connectivity index (χ1n) is 8.67. The molecule has 1 N–H and O–H groups in total. The number of amides is 2. The molecular formula is C20H22F2N2O3. The van der Waals surface area contributed by atoms with Crippen LogP contribution in [0.5, 0.6) is 11.5 Å². The lowest BCUT2D eigenvalue weighted by atomic mass is 9.99. The molecule has 0 bridgehead atoms. The number of benzene rings is 2. The molecule has 1 aliphatic heterocycles. The van der Waals surface area contributed by atoms with Crippen molar-refractivity contribution in [2.24, 2.45) is 0 Å². The molecule has 2 amide bonds. The second kappa shape index (κ2) is 7.82. The van der Waals surface area contributed by atoms with Crippen LogP contribution in [-0.4, -0.2) is 31.7 Å². The number of hydrogen-bond donors (Lipinski definition) is 1. The summed E-state index contributed by atoms with van der Waals surface area (Å²) in [4.78, 5) is 14.3. The predicted octanol–water partition coefficient (Wildman–Crippen LogP) is 3.81. The highest BCUT2D eigenvalue weighted by atomic mass is 19.2. The fraction of sp³-hybridized carbons (Fsp3) is 0.350. The Labute approximate surface area is 156 Å². The molecule has 5 nitrogen and oxygen atoms in total. The van der Waals surface area contributed by atoms with Gasteiger partial charge >= 0.3 is 6.03 Å². The van der Waals surface area contributed by atoms with E-state index in [-0.39, 0.29) is 6.03 Å². The van der Waals surface area contributed by atoms with Crippen LogP contribution in [0, 0.1) is 11.6 Å². The van der Waals surface area contributed by atoms with Crippen LogP contribution in [0.1, 0.15) is 29.7 Å². The zero-order valence-corrected chi connectivity index (χ0v) is 15.5. The van der Waals surface area contributed by atoms with E-state index in [1.54, 1.807) is 26.0 Å². The molecule has 144 valence electrons. The number of carbonyl (C=O) groups is 1. The summed E-state index contributed by atoms with van der Waals surface area (Å²) in [5, 5.41) is 2.84. The number of rotatable bonds is 4. The van der Waals surface area contributed by atoms with Crippen LogP contribution < -0.4 is 14.8 Å². The van der Waals surface area contributed by atoms with E-state index in [0.29, 0.717) is 36.6 Å². The molecule has 0 radical (unpaired) electrons. The second-order valence-corrected chi connectivity index (χ2v) is 6.49. The Morgan fingerprint density at radius 2 is 1.74 bits per heavy atom. The fourth-order valence-corrected chi connectivity index (χ4v) is 3.20. The van der Waals surface area contributed by atoms with E-state index < -0.39 is 17.7 Å². The van der Waals surface area contributed by atoms with Crippen molar-refractivity contribution in [2.45, 2.75) is 25.9 Å². The standard InChI is InChI=1S/C20H22F2N2O3/c1-12(13-4-5-16(21)17(22)8-13)23-20(25)24-7-6-14-9-18(26-2)19(27-3)10-15(14)11-24/h4-5,8-10,12H,6-7,11H2,1-3H3,(H,23,25). The molecule has 2 aromatic rings. The molecule has 1 aliphatic rings. The molecule has 2 aromatic carbocycles. The van der Waals surface area contributed by atoms with Crippen molar-refractivity contribution in [3.8, 4) is 11.5 Å². The Kier molecular flexibility index (Phi) is 5.48. The van der Waals surface area contributed by atoms with Gasteiger partial charge in [-0.15, -0.1) is 0 Å². The lowest BCUT2D eigenvalue weighted by Gasteiger charge is -2.31. The van der Waals surface area contributed by atoms with E-state index in [4.69, 9.17) is 9.47 Å². The minimum atomic E-state index is -0.929. The monoisotopic (exact) mass is 376 g/mol. The SMILES string of the molecule is COc1cc2c(cc1OC)CN(C(=O)NC(C)c1ccc(F)c(F)c1)CC2. The molecule has 0 fully saturated rings. The molecule has 1 unspecified atom stereocenters. The van der Waals surface area contributed by atoms with E-state index in [1.165, 1.54) is 6.07 Å². The highest BCUT2D eigenvalue weighted by Gasteiger charge is 2.24. The molecule has 1 heterocycles. The van der Waals surface area contributed by atoms with Gasteiger partial charge in [-0.1, -0.05) is 6.07 Å². The van der Waals surface area contributed by atoms with Gasteiger partial charge in [0.25, 0.3) is 0 Å². The number of hydrogen-bond acceptors (Lipinski definition) is 3. The van der Waals surface area contributed by atoms with Crippen molar-refractivity contribution in [2.75, 3.05) is 20.8 Å². The number of fused-ring (bicyclic) bond motifs is 1. The second-order valence-electron chi connectivity index (χ2n) is 6.49. The van der Waals surface area contributed by atoms with Crippen molar-refractivity contribution in [1.82, 2.24) is 10.2 Å². The van der Waals surface area contributed by atoms with Crippen molar-refractivity contribution in [3.05, 3.63) is 58.7 Å². The number of ether oxygens (including phenoxy) is 2. The zero-order chi connectivity index (χ0) is 19.6. The van der Waals surface area contributed by atoms with Gasteiger partial charge in [-0.05, 0) is 54.3 Å². The molecule has 0 spiro atoms. The third-order valence-corrected chi connectivity index (χ3v) is 4.79. The maximum absolute atomic E-state index is 13.4. The van der Waals surface area contributed by atoms with Crippen LogP contribution in [-0.2, 0) is 13.0 Å². The van der Waals surface area contributed by atoms with Gasteiger partial charge < -0.3 is 19.7 Å². The van der Waals surface area contributed by atoms with Gasteiger partial charge in [-0.2, -0.15) is 0 Å². The number of nitrogens with zero attached hydrogens (tertiary/aromatic N) is 1.